The lowest BCUT2D eigenvalue weighted by Crippen LogP contribution is -2.30. The van der Waals surface area contributed by atoms with Gasteiger partial charge in [-0.15, -0.1) is 0 Å². The van der Waals surface area contributed by atoms with Crippen molar-refractivity contribution in [2.75, 3.05) is 26.8 Å². The molecule has 1 aromatic rings. The van der Waals surface area contributed by atoms with Gasteiger partial charge in [-0.2, -0.15) is 0 Å². The molecule has 1 aromatic carbocycles. The molecule has 0 aliphatic carbocycles. The minimum absolute atomic E-state index is 0.000377. The number of carbonyl (C=O) groups excluding carboxylic acids is 2. The van der Waals surface area contributed by atoms with Gasteiger partial charge < -0.3 is 14.4 Å². The second kappa shape index (κ2) is 7.29. The van der Waals surface area contributed by atoms with Crippen LogP contribution in [0.25, 0.3) is 0 Å². The topological polar surface area (TPSA) is 55.8 Å². The quantitative estimate of drug-likeness (QED) is 0.758. The Morgan fingerprint density at radius 1 is 1.14 bits per heavy atom. The van der Waals surface area contributed by atoms with Gasteiger partial charge in [0.05, 0.1) is 0 Å². The largest absolute Gasteiger partial charge is 0.486 e. The minimum Gasteiger partial charge on any atom is -0.486 e. The number of ketones is 1. The molecular formula is C17H23NO4. The van der Waals surface area contributed by atoms with Gasteiger partial charge in [-0.1, -0.05) is 13.8 Å². The molecule has 0 unspecified atom stereocenters. The fourth-order valence-corrected chi connectivity index (χ4v) is 2.42. The zero-order chi connectivity index (χ0) is 16.1. The first-order valence-corrected chi connectivity index (χ1v) is 7.64. The molecule has 0 fully saturated rings. The molecule has 0 saturated heterocycles. The van der Waals surface area contributed by atoms with Gasteiger partial charge in [-0.3, -0.25) is 9.59 Å². The smallest absolute Gasteiger partial charge is 0.222 e. The summed E-state index contributed by atoms with van der Waals surface area (Å²) in [5, 5.41) is 0. The molecule has 22 heavy (non-hydrogen) atoms. The molecule has 5 nitrogen and oxygen atoms in total. The first-order valence-electron chi connectivity index (χ1n) is 7.64. The second-order valence-electron chi connectivity index (χ2n) is 5.95. The molecule has 0 aromatic heterocycles. The zero-order valence-electron chi connectivity index (χ0n) is 13.4. The summed E-state index contributed by atoms with van der Waals surface area (Å²) in [6.07, 6.45) is 0.442. The molecule has 0 atom stereocenters. The molecule has 0 saturated carbocycles. The number of fused-ring (bicyclic) bond motifs is 1. The Hall–Kier alpha value is -2.04. The van der Waals surface area contributed by atoms with E-state index in [1.165, 1.54) is 0 Å². The van der Waals surface area contributed by atoms with Crippen LogP contribution >= 0.6 is 0 Å². The van der Waals surface area contributed by atoms with Crippen LogP contribution in [0.4, 0.5) is 0 Å². The van der Waals surface area contributed by atoms with E-state index in [1.54, 1.807) is 30.1 Å². The number of ether oxygens (including phenoxy) is 2. The van der Waals surface area contributed by atoms with E-state index in [4.69, 9.17) is 9.47 Å². The highest BCUT2D eigenvalue weighted by Gasteiger charge is 2.17. The molecule has 120 valence electrons. The molecule has 0 bridgehead atoms. The van der Waals surface area contributed by atoms with Crippen molar-refractivity contribution in [1.82, 2.24) is 4.90 Å². The Labute approximate surface area is 131 Å². The normalized spacial score (nSPS) is 13.1. The fourth-order valence-electron chi connectivity index (χ4n) is 2.42. The lowest BCUT2D eigenvalue weighted by atomic mass is 10.1. The number of carbonyl (C=O) groups is 2. The second-order valence-corrected chi connectivity index (χ2v) is 5.95. The maximum absolute atomic E-state index is 12.2. The van der Waals surface area contributed by atoms with E-state index in [0.717, 1.165) is 0 Å². The van der Waals surface area contributed by atoms with Gasteiger partial charge in [0.1, 0.15) is 13.2 Å². The SMILES string of the molecule is CC(C)CN(C)C(=O)CCC(=O)c1ccc2c(c1)OCCO2. The maximum atomic E-state index is 12.2. The molecule has 0 radical (unpaired) electrons. The molecule has 0 N–H and O–H groups in total. The number of rotatable bonds is 6. The highest BCUT2D eigenvalue weighted by Crippen LogP contribution is 2.31. The number of Topliss-reactive ketones (excluding diaryl/α,β-unsaturated/α-hetero) is 1. The van der Waals surface area contributed by atoms with Crippen molar-refractivity contribution in [3.05, 3.63) is 23.8 Å². The van der Waals surface area contributed by atoms with Crippen molar-refractivity contribution in [2.45, 2.75) is 26.7 Å². The first-order chi connectivity index (χ1) is 10.5. The van der Waals surface area contributed by atoms with Crippen LogP contribution in [0.5, 0.6) is 11.5 Å². The maximum Gasteiger partial charge on any atom is 0.222 e. The minimum atomic E-state index is -0.0525. The van der Waals surface area contributed by atoms with Crippen molar-refractivity contribution in [3.63, 3.8) is 0 Å². The predicted octanol–water partition coefficient (Wildman–Crippen LogP) is 2.54. The van der Waals surface area contributed by atoms with E-state index in [9.17, 15) is 9.59 Å². The van der Waals surface area contributed by atoms with Crippen molar-refractivity contribution in [3.8, 4) is 11.5 Å². The summed E-state index contributed by atoms with van der Waals surface area (Å²) in [5.74, 6) is 1.63. The lowest BCUT2D eigenvalue weighted by molar-refractivity contribution is -0.130. The Bertz CT molecular complexity index is 554. The molecular weight excluding hydrogens is 282 g/mol. The average molecular weight is 305 g/mol. The Morgan fingerprint density at radius 2 is 1.82 bits per heavy atom. The van der Waals surface area contributed by atoms with Crippen LogP contribution in [0.15, 0.2) is 18.2 Å². The van der Waals surface area contributed by atoms with Crippen molar-refractivity contribution in [2.24, 2.45) is 5.92 Å². The van der Waals surface area contributed by atoms with Crippen molar-refractivity contribution >= 4 is 11.7 Å². The average Bonchev–Trinajstić information content (AvgIpc) is 2.51. The first kappa shape index (κ1) is 16.3. The van der Waals surface area contributed by atoms with Crippen molar-refractivity contribution in [1.29, 1.82) is 0 Å². The number of hydrogen-bond acceptors (Lipinski definition) is 4. The number of benzene rings is 1. The van der Waals surface area contributed by atoms with Gasteiger partial charge in [-0.05, 0) is 24.1 Å². The third-order valence-electron chi connectivity index (χ3n) is 3.49. The van der Waals surface area contributed by atoms with Gasteiger partial charge in [0.15, 0.2) is 17.3 Å². The monoisotopic (exact) mass is 305 g/mol. The van der Waals surface area contributed by atoms with E-state index in [2.05, 4.69) is 13.8 Å². The molecule has 1 heterocycles. The van der Waals surface area contributed by atoms with E-state index >= 15 is 0 Å². The van der Waals surface area contributed by atoms with Crippen LogP contribution < -0.4 is 9.47 Å². The van der Waals surface area contributed by atoms with E-state index in [0.29, 0.717) is 42.7 Å². The predicted molar refractivity (Wildman–Crippen MR) is 83.5 cm³/mol. The fraction of sp³-hybridized carbons (Fsp3) is 0.529. The molecule has 2 rings (SSSR count). The molecule has 1 aliphatic heterocycles. The summed E-state index contributed by atoms with van der Waals surface area (Å²) in [7, 11) is 1.77. The highest BCUT2D eigenvalue weighted by molar-refractivity contribution is 5.98. The van der Waals surface area contributed by atoms with Gasteiger partial charge in [-0.25, -0.2) is 0 Å². The van der Waals surface area contributed by atoms with Gasteiger partial charge in [0.2, 0.25) is 5.91 Å². The summed E-state index contributed by atoms with van der Waals surface area (Å²) >= 11 is 0. The molecule has 1 aliphatic rings. The van der Waals surface area contributed by atoms with Gasteiger partial charge in [0, 0.05) is 32.0 Å². The van der Waals surface area contributed by atoms with E-state index in [1.807, 2.05) is 0 Å². The van der Waals surface area contributed by atoms with Gasteiger partial charge in [0.25, 0.3) is 0 Å². The highest BCUT2D eigenvalue weighted by atomic mass is 16.6. The van der Waals surface area contributed by atoms with Crippen LogP contribution in [-0.2, 0) is 4.79 Å². The molecule has 0 spiro atoms. The number of amides is 1. The molecule has 5 heteroatoms. The number of hydrogen-bond donors (Lipinski definition) is 0. The van der Waals surface area contributed by atoms with Crippen LogP contribution in [-0.4, -0.2) is 43.4 Å². The van der Waals surface area contributed by atoms with Crippen LogP contribution in [0.1, 0.15) is 37.0 Å². The number of nitrogens with zero attached hydrogens (tertiary/aromatic N) is 1. The van der Waals surface area contributed by atoms with E-state index < -0.39 is 0 Å². The van der Waals surface area contributed by atoms with E-state index in [-0.39, 0.29) is 24.5 Å². The zero-order valence-corrected chi connectivity index (χ0v) is 13.4. The Balaban J connectivity index is 1.91. The van der Waals surface area contributed by atoms with Gasteiger partial charge >= 0.3 is 0 Å². The third kappa shape index (κ3) is 4.23. The summed E-state index contributed by atoms with van der Waals surface area (Å²) in [5.41, 5.74) is 0.559. The van der Waals surface area contributed by atoms with Crippen LogP contribution in [0, 0.1) is 5.92 Å². The van der Waals surface area contributed by atoms with Crippen molar-refractivity contribution < 1.29 is 19.1 Å². The third-order valence-corrected chi connectivity index (χ3v) is 3.49. The Kier molecular flexibility index (Phi) is 5.41. The standard InChI is InChI=1S/C17H23NO4/c1-12(2)11-18(3)17(20)7-5-14(19)13-4-6-15-16(10-13)22-9-8-21-15/h4,6,10,12H,5,7-9,11H2,1-3H3. The summed E-state index contributed by atoms with van der Waals surface area (Å²) in [6.45, 7) is 5.84. The summed E-state index contributed by atoms with van der Waals surface area (Å²) in [4.78, 5) is 25.9. The molecule has 1 amide bonds. The summed E-state index contributed by atoms with van der Waals surface area (Å²) < 4.78 is 10.9. The van der Waals surface area contributed by atoms with Crippen LogP contribution in [0.2, 0.25) is 0 Å². The summed E-state index contributed by atoms with van der Waals surface area (Å²) in [6, 6.07) is 5.16. The lowest BCUT2D eigenvalue weighted by Gasteiger charge is -2.19. The van der Waals surface area contributed by atoms with Crippen LogP contribution in [0.3, 0.4) is 0 Å². The Morgan fingerprint density at radius 3 is 2.50 bits per heavy atom.